The fourth-order valence-electron chi connectivity index (χ4n) is 1.98. The highest BCUT2D eigenvalue weighted by atomic mass is 79.9. The van der Waals surface area contributed by atoms with Crippen molar-refractivity contribution in [1.29, 1.82) is 0 Å². The number of rotatable bonds is 7. The van der Waals surface area contributed by atoms with Crippen LogP contribution in [0.15, 0.2) is 50.9 Å². The molecular weight excluding hydrogens is 412 g/mol. The van der Waals surface area contributed by atoms with Gasteiger partial charge in [-0.2, -0.15) is 18.4 Å². The minimum atomic E-state index is -3.92. The Kier molecular flexibility index (Phi) is 6.27. The van der Waals surface area contributed by atoms with E-state index in [2.05, 4.69) is 25.9 Å². The van der Waals surface area contributed by atoms with Gasteiger partial charge >= 0.3 is 0 Å². The lowest BCUT2D eigenvalue weighted by molar-refractivity contribution is 0.392. The van der Waals surface area contributed by atoms with Crippen LogP contribution in [0.5, 0.6) is 17.2 Å². The summed E-state index contributed by atoms with van der Waals surface area (Å²) in [7, 11) is 0.479. The fourth-order valence-corrected chi connectivity index (χ4v) is 3.51. The molecule has 134 valence electrons. The molecule has 0 saturated carbocycles. The zero-order chi connectivity index (χ0) is 18.4. The number of hydrogen-bond acceptors (Lipinski definition) is 6. The van der Waals surface area contributed by atoms with E-state index < -0.39 is 10.0 Å². The van der Waals surface area contributed by atoms with Gasteiger partial charge in [0, 0.05) is 6.07 Å². The Balaban J connectivity index is 2.23. The van der Waals surface area contributed by atoms with E-state index in [1.807, 2.05) is 0 Å². The second-order valence-electron chi connectivity index (χ2n) is 4.76. The maximum absolute atomic E-state index is 12.4. The Morgan fingerprint density at radius 3 is 2.28 bits per heavy atom. The predicted molar refractivity (Wildman–Crippen MR) is 98.2 cm³/mol. The van der Waals surface area contributed by atoms with Gasteiger partial charge in [0.1, 0.15) is 22.1 Å². The summed E-state index contributed by atoms with van der Waals surface area (Å²) in [5.41, 5.74) is 0.688. The van der Waals surface area contributed by atoms with E-state index in [0.717, 1.165) is 4.47 Å². The van der Waals surface area contributed by atoms with Crippen molar-refractivity contribution in [2.45, 2.75) is 4.90 Å². The zero-order valence-electron chi connectivity index (χ0n) is 13.8. The average molecular weight is 429 g/mol. The molecule has 0 bridgehead atoms. The molecule has 0 heterocycles. The van der Waals surface area contributed by atoms with Crippen molar-refractivity contribution in [2.75, 3.05) is 21.3 Å². The van der Waals surface area contributed by atoms with Gasteiger partial charge in [-0.25, -0.2) is 0 Å². The van der Waals surface area contributed by atoms with E-state index in [0.29, 0.717) is 17.1 Å². The van der Waals surface area contributed by atoms with Crippen LogP contribution in [-0.4, -0.2) is 36.0 Å². The van der Waals surface area contributed by atoms with Crippen LogP contribution in [0.1, 0.15) is 5.56 Å². The minimum absolute atomic E-state index is 0.0672. The summed E-state index contributed by atoms with van der Waals surface area (Å²) in [5, 5.41) is 3.80. The van der Waals surface area contributed by atoms with Gasteiger partial charge in [-0.15, -0.1) is 0 Å². The van der Waals surface area contributed by atoms with E-state index in [9.17, 15) is 8.42 Å². The third-order valence-corrected chi connectivity index (χ3v) is 5.09. The standard InChI is InChI=1S/C16H17BrN2O5S/c1-22-12-5-7-15(24-3)16(9-12)25(20,21)19-18-10-11-4-6-14(23-2)13(17)8-11/h4-10,19H,1-3H3/b18-10+. The first-order valence-electron chi connectivity index (χ1n) is 7.01. The van der Waals surface area contributed by atoms with Crippen molar-refractivity contribution >= 4 is 32.2 Å². The molecular formula is C16H17BrN2O5S. The van der Waals surface area contributed by atoms with E-state index in [1.165, 1.54) is 32.6 Å². The third kappa shape index (κ3) is 4.64. The molecule has 2 aromatic carbocycles. The topological polar surface area (TPSA) is 86.2 Å². The molecule has 9 heteroatoms. The first-order valence-corrected chi connectivity index (χ1v) is 9.29. The van der Waals surface area contributed by atoms with E-state index in [-0.39, 0.29) is 10.6 Å². The summed E-state index contributed by atoms with van der Waals surface area (Å²) in [6.07, 6.45) is 1.38. The summed E-state index contributed by atoms with van der Waals surface area (Å²) < 4.78 is 40.9. The van der Waals surface area contributed by atoms with Crippen LogP contribution in [0, 0.1) is 0 Å². The molecule has 1 N–H and O–H groups in total. The maximum Gasteiger partial charge on any atom is 0.280 e. The number of sulfonamides is 1. The van der Waals surface area contributed by atoms with Gasteiger partial charge in [-0.05, 0) is 51.8 Å². The molecule has 0 amide bonds. The Bertz CT molecular complexity index is 884. The smallest absolute Gasteiger partial charge is 0.280 e. The van der Waals surface area contributed by atoms with Crippen molar-refractivity contribution in [3.05, 3.63) is 46.4 Å². The Hall–Kier alpha value is -2.26. The van der Waals surface area contributed by atoms with Crippen molar-refractivity contribution in [2.24, 2.45) is 5.10 Å². The van der Waals surface area contributed by atoms with Crippen LogP contribution in [-0.2, 0) is 10.0 Å². The second-order valence-corrected chi connectivity index (χ2v) is 7.25. The number of hydrogen-bond donors (Lipinski definition) is 1. The molecule has 0 aromatic heterocycles. The molecule has 7 nitrogen and oxygen atoms in total. The summed E-state index contributed by atoms with van der Waals surface area (Å²) >= 11 is 3.35. The highest BCUT2D eigenvalue weighted by Gasteiger charge is 2.19. The first-order chi connectivity index (χ1) is 11.9. The fraction of sp³-hybridized carbons (Fsp3) is 0.188. The van der Waals surface area contributed by atoms with Gasteiger partial charge in [-0.1, -0.05) is 0 Å². The number of ether oxygens (including phenoxy) is 3. The first kappa shape index (κ1) is 19.1. The molecule has 2 rings (SSSR count). The normalized spacial score (nSPS) is 11.4. The van der Waals surface area contributed by atoms with E-state index in [1.54, 1.807) is 31.4 Å². The zero-order valence-corrected chi connectivity index (χ0v) is 16.2. The summed E-state index contributed by atoms with van der Waals surface area (Å²) in [4.78, 5) is 2.09. The molecule has 0 fully saturated rings. The van der Waals surface area contributed by atoms with Crippen LogP contribution < -0.4 is 19.0 Å². The Morgan fingerprint density at radius 2 is 1.68 bits per heavy atom. The molecule has 25 heavy (non-hydrogen) atoms. The number of methoxy groups -OCH3 is 3. The molecule has 0 radical (unpaired) electrons. The summed E-state index contributed by atoms with van der Waals surface area (Å²) in [6, 6.07) is 9.72. The van der Waals surface area contributed by atoms with Crippen molar-refractivity contribution in [1.82, 2.24) is 4.83 Å². The van der Waals surface area contributed by atoms with Crippen LogP contribution in [0.3, 0.4) is 0 Å². The van der Waals surface area contributed by atoms with Gasteiger partial charge in [0.2, 0.25) is 0 Å². The van der Waals surface area contributed by atoms with Gasteiger partial charge in [0.25, 0.3) is 10.0 Å². The monoisotopic (exact) mass is 428 g/mol. The van der Waals surface area contributed by atoms with Crippen LogP contribution >= 0.6 is 15.9 Å². The number of halogens is 1. The number of hydrazone groups is 1. The lowest BCUT2D eigenvalue weighted by Crippen LogP contribution is -2.19. The van der Waals surface area contributed by atoms with Crippen molar-refractivity contribution in [3.63, 3.8) is 0 Å². The number of nitrogens with zero attached hydrogens (tertiary/aromatic N) is 1. The van der Waals surface area contributed by atoms with Crippen LogP contribution in [0.25, 0.3) is 0 Å². The number of nitrogens with one attached hydrogen (secondary N) is 1. The lowest BCUT2D eigenvalue weighted by Gasteiger charge is -2.10. The predicted octanol–water partition coefficient (Wildman–Crippen LogP) is 2.79. The molecule has 0 atom stereocenters. The van der Waals surface area contributed by atoms with Gasteiger partial charge in [0.15, 0.2) is 0 Å². The Labute approximate surface area is 154 Å². The van der Waals surface area contributed by atoms with E-state index in [4.69, 9.17) is 14.2 Å². The highest BCUT2D eigenvalue weighted by molar-refractivity contribution is 9.10. The van der Waals surface area contributed by atoms with Gasteiger partial charge in [-0.3, -0.25) is 0 Å². The second kappa shape index (κ2) is 8.21. The molecule has 0 aliphatic rings. The lowest BCUT2D eigenvalue weighted by atomic mass is 10.2. The Morgan fingerprint density at radius 1 is 1.00 bits per heavy atom. The SMILES string of the molecule is COc1ccc(OC)c(S(=O)(=O)N/N=C/c2ccc(OC)c(Br)c2)c1. The van der Waals surface area contributed by atoms with Crippen molar-refractivity contribution < 1.29 is 22.6 Å². The molecule has 2 aromatic rings. The van der Waals surface area contributed by atoms with Gasteiger partial charge in [0.05, 0.1) is 32.0 Å². The molecule has 0 spiro atoms. The summed E-state index contributed by atoms with van der Waals surface area (Å²) in [6.45, 7) is 0. The molecule has 0 saturated heterocycles. The van der Waals surface area contributed by atoms with Gasteiger partial charge < -0.3 is 14.2 Å². The maximum atomic E-state index is 12.4. The highest BCUT2D eigenvalue weighted by Crippen LogP contribution is 2.28. The third-order valence-electron chi connectivity index (χ3n) is 3.22. The number of benzene rings is 2. The quantitative estimate of drug-likeness (QED) is 0.541. The van der Waals surface area contributed by atoms with Crippen molar-refractivity contribution in [3.8, 4) is 17.2 Å². The minimum Gasteiger partial charge on any atom is -0.497 e. The molecule has 0 unspecified atom stereocenters. The summed E-state index contributed by atoms with van der Waals surface area (Å²) in [5.74, 6) is 1.25. The van der Waals surface area contributed by atoms with Crippen LogP contribution in [0.2, 0.25) is 0 Å². The van der Waals surface area contributed by atoms with Crippen LogP contribution in [0.4, 0.5) is 0 Å². The largest absolute Gasteiger partial charge is 0.497 e. The molecule has 0 aliphatic heterocycles. The molecule has 0 aliphatic carbocycles. The average Bonchev–Trinajstić information content (AvgIpc) is 2.61. The van der Waals surface area contributed by atoms with E-state index >= 15 is 0 Å².